The molecule has 0 heterocycles. The van der Waals surface area contributed by atoms with Gasteiger partial charge in [0, 0.05) is 18.3 Å². The number of carbonyl (C=O) groups is 1. The van der Waals surface area contributed by atoms with Gasteiger partial charge in [-0.1, -0.05) is 55.7 Å². The summed E-state index contributed by atoms with van der Waals surface area (Å²) in [7, 11) is 1.58. The number of hydrogen-bond donors (Lipinski definition) is 1. The largest absolute Gasteiger partial charge is 0.493 e. The van der Waals surface area contributed by atoms with E-state index in [0.29, 0.717) is 30.3 Å². The van der Waals surface area contributed by atoms with Crippen molar-refractivity contribution in [2.45, 2.75) is 57.5 Å². The second-order valence-corrected chi connectivity index (χ2v) is 9.18. The molecule has 1 fully saturated rings. The van der Waals surface area contributed by atoms with Crippen molar-refractivity contribution >= 4 is 11.7 Å². The lowest BCUT2D eigenvalue weighted by Gasteiger charge is -2.34. The molecule has 0 atom stereocenters. The maximum absolute atomic E-state index is 13.4. The molecule has 0 aliphatic heterocycles. The summed E-state index contributed by atoms with van der Waals surface area (Å²) in [5.74, 6) is 1.17. The fraction of sp³-hybridized carbons (Fsp3) is 0.345. The van der Waals surface area contributed by atoms with Crippen molar-refractivity contribution in [3.63, 3.8) is 0 Å². The van der Waals surface area contributed by atoms with E-state index in [1.165, 1.54) is 12.1 Å². The van der Waals surface area contributed by atoms with Crippen LogP contribution in [0.5, 0.6) is 11.5 Å². The Hall–Kier alpha value is -3.68. The summed E-state index contributed by atoms with van der Waals surface area (Å²) in [6.07, 6.45) is 0.531. The summed E-state index contributed by atoms with van der Waals surface area (Å²) < 4.78 is 50.3. The van der Waals surface area contributed by atoms with Crippen molar-refractivity contribution < 1.29 is 27.4 Å². The number of amides is 2. The van der Waals surface area contributed by atoms with Gasteiger partial charge in [0.15, 0.2) is 11.5 Å². The molecule has 3 aromatic carbocycles. The van der Waals surface area contributed by atoms with Gasteiger partial charge in [-0.15, -0.1) is 0 Å². The van der Waals surface area contributed by atoms with E-state index in [2.05, 4.69) is 5.32 Å². The van der Waals surface area contributed by atoms with Crippen molar-refractivity contribution in [2.75, 3.05) is 12.4 Å². The molecule has 0 spiro atoms. The second-order valence-electron chi connectivity index (χ2n) is 9.18. The molecule has 0 saturated heterocycles. The van der Waals surface area contributed by atoms with Crippen molar-refractivity contribution in [3.8, 4) is 11.5 Å². The van der Waals surface area contributed by atoms with Crippen LogP contribution < -0.4 is 14.8 Å². The van der Waals surface area contributed by atoms with Crippen LogP contribution in [0.15, 0.2) is 72.8 Å². The first-order valence-corrected chi connectivity index (χ1v) is 12.4. The van der Waals surface area contributed by atoms with Crippen LogP contribution in [0.2, 0.25) is 0 Å². The van der Waals surface area contributed by atoms with Gasteiger partial charge in [0.05, 0.1) is 12.7 Å². The molecule has 1 aliphatic rings. The Morgan fingerprint density at radius 1 is 0.919 bits per heavy atom. The number of ether oxygens (including phenoxy) is 2. The first-order valence-electron chi connectivity index (χ1n) is 12.4. The number of urea groups is 1. The molecule has 0 radical (unpaired) electrons. The zero-order valence-electron chi connectivity index (χ0n) is 20.8. The molecular formula is C29H31F3N2O3. The van der Waals surface area contributed by atoms with Gasteiger partial charge in [-0.25, -0.2) is 4.79 Å². The number of methoxy groups -OCH3 is 1. The average Bonchev–Trinajstić information content (AvgIpc) is 2.91. The predicted molar refractivity (Wildman–Crippen MR) is 137 cm³/mol. The minimum atomic E-state index is -4.43. The fourth-order valence-corrected chi connectivity index (χ4v) is 4.56. The number of nitrogens with zero attached hydrogens (tertiary/aromatic N) is 1. The van der Waals surface area contributed by atoms with E-state index < -0.39 is 11.7 Å². The highest BCUT2D eigenvalue weighted by Crippen LogP contribution is 2.32. The average molecular weight is 513 g/mol. The molecule has 1 aliphatic carbocycles. The topological polar surface area (TPSA) is 50.8 Å². The summed E-state index contributed by atoms with van der Waals surface area (Å²) in [5.41, 5.74) is 1.46. The Morgan fingerprint density at radius 2 is 1.62 bits per heavy atom. The van der Waals surface area contributed by atoms with E-state index in [9.17, 15) is 18.0 Å². The van der Waals surface area contributed by atoms with E-state index in [0.717, 1.165) is 55.4 Å². The minimum Gasteiger partial charge on any atom is -0.493 e. The third kappa shape index (κ3) is 7.18. The molecule has 1 saturated carbocycles. The van der Waals surface area contributed by atoms with Crippen molar-refractivity contribution in [1.29, 1.82) is 0 Å². The number of nitrogens with one attached hydrogen (secondary N) is 1. The molecule has 5 nitrogen and oxygen atoms in total. The second kappa shape index (κ2) is 12.0. The fourth-order valence-electron chi connectivity index (χ4n) is 4.56. The van der Waals surface area contributed by atoms with Crippen LogP contribution in [0.25, 0.3) is 0 Å². The normalized spacial score (nSPS) is 14.2. The SMILES string of the molecule is COc1ccc(CN(C(=O)Nc2ccc(C(F)(F)F)cc2)C2CCCCC2)cc1OCc1ccccc1. The standard InChI is InChI=1S/C29H31F3N2O3/c1-36-26-17-12-22(18-27(26)37-20-21-8-4-2-5-9-21)19-34(25-10-6-3-7-11-25)28(35)33-24-15-13-23(14-16-24)29(30,31)32/h2,4-5,8-9,12-18,25H,3,6-7,10-11,19-20H2,1H3,(H,33,35). The molecule has 0 aromatic heterocycles. The lowest BCUT2D eigenvalue weighted by Crippen LogP contribution is -2.43. The lowest BCUT2D eigenvalue weighted by atomic mass is 9.94. The third-order valence-electron chi connectivity index (χ3n) is 6.56. The van der Waals surface area contributed by atoms with Gasteiger partial charge in [0.2, 0.25) is 0 Å². The molecule has 1 N–H and O–H groups in total. The maximum Gasteiger partial charge on any atom is 0.416 e. The summed E-state index contributed by atoms with van der Waals surface area (Å²) in [4.78, 5) is 15.1. The lowest BCUT2D eigenvalue weighted by molar-refractivity contribution is -0.137. The summed E-state index contributed by atoms with van der Waals surface area (Å²) >= 11 is 0. The van der Waals surface area contributed by atoms with Gasteiger partial charge in [-0.05, 0) is 60.4 Å². The maximum atomic E-state index is 13.4. The molecule has 0 bridgehead atoms. The Balaban J connectivity index is 1.51. The van der Waals surface area contributed by atoms with Gasteiger partial charge in [0.1, 0.15) is 6.61 Å². The van der Waals surface area contributed by atoms with Crippen LogP contribution in [0.1, 0.15) is 48.8 Å². The molecule has 4 rings (SSSR count). The van der Waals surface area contributed by atoms with Crippen molar-refractivity contribution in [2.24, 2.45) is 0 Å². The Labute approximate surface area is 215 Å². The molecule has 3 aromatic rings. The summed E-state index contributed by atoms with van der Waals surface area (Å²) in [6, 6.07) is 19.6. The first kappa shape index (κ1) is 26.4. The predicted octanol–water partition coefficient (Wildman–Crippen LogP) is 7.66. The van der Waals surface area contributed by atoms with E-state index in [1.807, 2.05) is 48.5 Å². The minimum absolute atomic E-state index is 0.0407. The Kier molecular flexibility index (Phi) is 8.58. The smallest absolute Gasteiger partial charge is 0.416 e. The van der Waals surface area contributed by atoms with E-state index in [4.69, 9.17) is 9.47 Å². The number of anilines is 1. The van der Waals surface area contributed by atoms with Gasteiger partial charge in [0.25, 0.3) is 0 Å². The van der Waals surface area contributed by atoms with Crippen LogP contribution in [-0.2, 0) is 19.3 Å². The number of rotatable bonds is 8. The molecule has 37 heavy (non-hydrogen) atoms. The first-order chi connectivity index (χ1) is 17.8. The number of hydrogen-bond acceptors (Lipinski definition) is 3. The molecule has 0 unspecified atom stereocenters. The monoisotopic (exact) mass is 512 g/mol. The number of benzene rings is 3. The molecule has 2 amide bonds. The van der Waals surface area contributed by atoms with Crippen LogP contribution in [0, 0.1) is 0 Å². The molecular weight excluding hydrogens is 481 g/mol. The molecule has 196 valence electrons. The summed E-state index contributed by atoms with van der Waals surface area (Å²) in [5, 5.41) is 2.79. The quantitative estimate of drug-likeness (QED) is 0.337. The van der Waals surface area contributed by atoms with Crippen molar-refractivity contribution in [1.82, 2.24) is 4.90 Å². The van der Waals surface area contributed by atoms with E-state index in [-0.39, 0.29) is 12.1 Å². The molecule has 8 heteroatoms. The number of halogens is 3. The van der Waals surface area contributed by atoms with Crippen LogP contribution in [-0.4, -0.2) is 24.1 Å². The van der Waals surface area contributed by atoms with E-state index in [1.54, 1.807) is 12.0 Å². The highest BCUT2D eigenvalue weighted by Gasteiger charge is 2.30. The highest BCUT2D eigenvalue weighted by molar-refractivity contribution is 5.89. The van der Waals surface area contributed by atoms with Crippen molar-refractivity contribution in [3.05, 3.63) is 89.5 Å². The van der Waals surface area contributed by atoms with Crippen LogP contribution >= 0.6 is 0 Å². The number of carbonyl (C=O) groups excluding carboxylic acids is 1. The summed E-state index contributed by atoms with van der Waals surface area (Å²) in [6.45, 7) is 0.713. The van der Waals surface area contributed by atoms with E-state index >= 15 is 0 Å². The van der Waals surface area contributed by atoms with Gasteiger partial charge < -0.3 is 19.7 Å². The Bertz CT molecular complexity index is 1160. The Morgan fingerprint density at radius 3 is 2.27 bits per heavy atom. The van der Waals surface area contributed by atoms with Gasteiger partial charge >= 0.3 is 12.2 Å². The highest BCUT2D eigenvalue weighted by atomic mass is 19.4. The zero-order chi connectivity index (χ0) is 26.3. The van der Waals surface area contributed by atoms with Crippen LogP contribution in [0.3, 0.4) is 0 Å². The zero-order valence-corrected chi connectivity index (χ0v) is 20.8. The van der Waals surface area contributed by atoms with Gasteiger partial charge in [-0.3, -0.25) is 0 Å². The number of alkyl halides is 3. The van der Waals surface area contributed by atoms with Crippen LogP contribution in [0.4, 0.5) is 23.7 Å². The third-order valence-corrected chi connectivity index (χ3v) is 6.56. The van der Waals surface area contributed by atoms with Gasteiger partial charge in [-0.2, -0.15) is 13.2 Å².